The molecule has 4 aliphatic heterocycles. The number of hydrogen-bond donors (Lipinski definition) is 2. The van der Waals surface area contributed by atoms with Crippen molar-refractivity contribution >= 4 is 41.0 Å². The van der Waals surface area contributed by atoms with Gasteiger partial charge in [0.2, 0.25) is 11.8 Å². The minimum Gasteiger partial charge on any atom is -0.374 e. The van der Waals surface area contributed by atoms with E-state index in [0.29, 0.717) is 30.3 Å². The van der Waals surface area contributed by atoms with Crippen LogP contribution in [0.25, 0.3) is 0 Å². The highest BCUT2D eigenvalue weighted by Gasteiger charge is 2.40. The van der Waals surface area contributed by atoms with Crippen LogP contribution in [0.4, 0.5) is 11.4 Å². The first kappa shape index (κ1) is 25.2. The number of nitrogens with zero attached hydrogens (tertiary/aromatic N) is 3. The van der Waals surface area contributed by atoms with Gasteiger partial charge in [0.15, 0.2) is 0 Å². The molecule has 36 heavy (non-hydrogen) atoms. The molecule has 2 unspecified atom stereocenters. The van der Waals surface area contributed by atoms with E-state index >= 15 is 0 Å². The lowest BCUT2D eigenvalue weighted by Gasteiger charge is -2.43. The molecule has 2 amide bonds. The second-order valence-corrected chi connectivity index (χ2v) is 11.2. The van der Waals surface area contributed by atoms with E-state index in [9.17, 15) is 9.59 Å². The van der Waals surface area contributed by atoms with Gasteiger partial charge in [0, 0.05) is 43.0 Å². The summed E-state index contributed by atoms with van der Waals surface area (Å²) in [5.74, 6) is -0.126. The lowest BCUT2D eigenvalue weighted by atomic mass is 9.94. The van der Waals surface area contributed by atoms with Crippen molar-refractivity contribution in [1.82, 2.24) is 9.80 Å². The molecule has 1 aromatic rings. The number of carbonyl (C=O) groups excluding carboxylic acids is 2. The van der Waals surface area contributed by atoms with Crippen LogP contribution in [0.15, 0.2) is 29.4 Å². The van der Waals surface area contributed by atoms with Crippen LogP contribution in [-0.2, 0) is 19.1 Å². The zero-order valence-electron chi connectivity index (χ0n) is 21.2. The Morgan fingerprint density at radius 2 is 2.00 bits per heavy atom. The average molecular weight is 516 g/mol. The fraction of sp³-hybridized carbons (Fsp3) is 0.577. The Morgan fingerprint density at radius 3 is 2.75 bits per heavy atom. The monoisotopic (exact) mass is 515 g/mol. The highest BCUT2D eigenvalue weighted by molar-refractivity contribution is 6.31. The number of fused-ring (bicyclic) bond motifs is 3. The predicted octanol–water partition coefficient (Wildman–Crippen LogP) is 2.87. The van der Waals surface area contributed by atoms with Crippen molar-refractivity contribution in [2.45, 2.75) is 63.5 Å². The van der Waals surface area contributed by atoms with Crippen molar-refractivity contribution < 1.29 is 19.1 Å². The van der Waals surface area contributed by atoms with Crippen molar-refractivity contribution in [2.75, 3.05) is 43.4 Å². The van der Waals surface area contributed by atoms with Gasteiger partial charge in [-0.05, 0) is 45.4 Å². The summed E-state index contributed by atoms with van der Waals surface area (Å²) >= 11 is 6.44. The number of amides is 2. The van der Waals surface area contributed by atoms with Gasteiger partial charge < -0.3 is 25.0 Å². The summed E-state index contributed by atoms with van der Waals surface area (Å²) in [5.41, 5.74) is 2.01. The highest BCUT2D eigenvalue weighted by atomic mass is 35.5. The van der Waals surface area contributed by atoms with E-state index in [0.717, 1.165) is 11.3 Å². The number of aliphatic imine (C=N–C) groups is 1. The van der Waals surface area contributed by atoms with Crippen molar-refractivity contribution in [3.05, 3.63) is 35.0 Å². The summed E-state index contributed by atoms with van der Waals surface area (Å²) in [5, 5.41) is 7.07. The van der Waals surface area contributed by atoms with Crippen LogP contribution in [0.1, 0.15) is 39.2 Å². The lowest BCUT2D eigenvalue weighted by molar-refractivity contribution is -0.156. The number of ether oxygens (including phenoxy) is 2. The molecule has 9 nitrogen and oxygen atoms in total. The summed E-state index contributed by atoms with van der Waals surface area (Å²) in [4.78, 5) is 34.8. The summed E-state index contributed by atoms with van der Waals surface area (Å²) < 4.78 is 11.8. The van der Waals surface area contributed by atoms with Crippen LogP contribution < -0.4 is 10.6 Å². The van der Waals surface area contributed by atoms with Crippen molar-refractivity contribution in [1.29, 1.82) is 0 Å². The smallest absolute Gasteiger partial charge is 0.244 e. The maximum atomic E-state index is 13.6. The molecule has 0 aromatic heterocycles. The summed E-state index contributed by atoms with van der Waals surface area (Å²) in [7, 11) is 0. The van der Waals surface area contributed by atoms with Gasteiger partial charge in [0.25, 0.3) is 0 Å². The molecule has 4 aliphatic rings. The van der Waals surface area contributed by atoms with Crippen molar-refractivity contribution in [2.24, 2.45) is 4.99 Å². The quantitative estimate of drug-likeness (QED) is 0.640. The Labute approximate surface area is 216 Å². The molecular weight excluding hydrogens is 482 g/mol. The molecule has 2 fully saturated rings. The molecule has 5 rings (SSSR count). The first-order valence-corrected chi connectivity index (χ1v) is 12.9. The maximum Gasteiger partial charge on any atom is 0.244 e. The zero-order chi connectivity index (χ0) is 25.6. The minimum atomic E-state index is -0.613. The number of hydrogen-bond acceptors (Lipinski definition) is 7. The van der Waals surface area contributed by atoms with Crippen molar-refractivity contribution in [3.8, 4) is 0 Å². The second kappa shape index (κ2) is 9.78. The van der Waals surface area contributed by atoms with E-state index in [-0.39, 0.29) is 49.1 Å². The molecule has 194 valence electrons. The molecule has 0 bridgehead atoms. The largest absolute Gasteiger partial charge is 0.374 e. The normalized spacial score (nSPS) is 30.9. The van der Waals surface area contributed by atoms with Crippen LogP contribution >= 0.6 is 11.6 Å². The molecular formula is C26H34ClN5O4. The van der Waals surface area contributed by atoms with E-state index in [1.165, 1.54) is 0 Å². The fourth-order valence-electron chi connectivity index (χ4n) is 5.57. The van der Waals surface area contributed by atoms with Crippen LogP contribution in [-0.4, -0.2) is 90.5 Å². The number of halogens is 1. The second-order valence-electron chi connectivity index (χ2n) is 10.8. The Balaban J connectivity index is 1.34. The Hall–Kier alpha value is -2.46. The highest BCUT2D eigenvalue weighted by Crippen LogP contribution is 2.44. The number of anilines is 2. The first-order chi connectivity index (χ1) is 17.1. The van der Waals surface area contributed by atoms with Gasteiger partial charge in [0.05, 0.1) is 48.4 Å². The molecule has 1 aromatic carbocycles. The van der Waals surface area contributed by atoms with Crippen LogP contribution in [0.3, 0.4) is 0 Å². The third kappa shape index (κ3) is 5.16. The predicted molar refractivity (Wildman–Crippen MR) is 140 cm³/mol. The third-order valence-electron chi connectivity index (χ3n) is 7.14. The third-order valence-corrected chi connectivity index (χ3v) is 7.36. The van der Waals surface area contributed by atoms with E-state index in [1.807, 2.05) is 55.9 Å². The molecule has 0 radical (unpaired) electrons. The molecule has 2 N–H and O–H groups in total. The van der Waals surface area contributed by atoms with Gasteiger partial charge in [-0.25, -0.2) is 0 Å². The maximum absolute atomic E-state index is 13.6. The van der Waals surface area contributed by atoms with Crippen LogP contribution in [0.5, 0.6) is 0 Å². The van der Waals surface area contributed by atoms with Gasteiger partial charge in [0.1, 0.15) is 6.04 Å². The Kier molecular flexibility index (Phi) is 6.84. The van der Waals surface area contributed by atoms with Gasteiger partial charge in [-0.1, -0.05) is 17.7 Å². The van der Waals surface area contributed by atoms with E-state index in [4.69, 9.17) is 21.1 Å². The van der Waals surface area contributed by atoms with E-state index in [2.05, 4.69) is 15.6 Å². The summed E-state index contributed by atoms with van der Waals surface area (Å²) in [6, 6.07) is 3.08. The molecule has 0 saturated carbocycles. The molecule has 5 atom stereocenters. The van der Waals surface area contributed by atoms with Gasteiger partial charge in [-0.3, -0.25) is 19.5 Å². The first-order valence-electron chi connectivity index (χ1n) is 12.5. The number of carbonyl (C=O) groups is 2. The standard InChI is InChI=1S/C26H34ClN5O4/c1-15-10-31(11-16(2)36-15)23(33)12-32-14-26(3,4)35-13-22(32)25(34)30-20-8-17(27)7-19-18-5-6-28-9-21(18)29-24(19)20/h5-9,15-16,18,21-22,29H,10-14H2,1-4H3,(H,30,34)/t15-,16+,18?,21?,22-/m0/s1. The lowest BCUT2D eigenvalue weighted by Crippen LogP contribution is -2.61. The van der Waals surface area contributed by atoms with Gasteiger partial charge in [-0.15, -0.1) is 0 Å². The van der Waals surface area contributed by atoms with Crippen LogP contribution in [0.2, 0.25) is 5.02 Å². The summed E-state index contributed by atoms with van der Waals surface area (Å²) in [6.07, 6.45) is 5.65. The van der Waals surface area contributed by atoms with E-state index < -0.39 is 11.6 Å². The Bertz CT molecular complexity index is 1100. The molecule has 0 aliphatic carbocycles. The molecule has 2 saturated heterocycles. The van der Waals surface area contributed by atoms with Crippen molar-refractivity contribution in [3.63, 3.8) is 0 Å². The van der Waals surface area contributed by atoms with E-state index in [1.54, 1.807) is 12.3 Å². The minimum absolute atomic E-state index is 0.00652. The number of benzene rings is 1. The molecule has 10 heteroatoms. The Morgan fingerprint density at radius 1 is 1.25 bits per heavy atom. The SMILES string of the molecule is C[C@@H]1CN(C(=O)CN2CC(C)(C)OC[C@H]2C(=O)Nc2cc(Cl)cc3c2NC2C=NC=CC32)C[C@H](C)O1. The van der Waals surface area contributed by atoms with Crippen LogP contribution in [0, 0.1) is 0 Å². The molecule has 0 spiro atoms. The number of morpholine rings is 2. The zero-order valence-corrected chi connectivity index (χ0v) is 21.9. The fourth-order valence-corrected chi connectivity index (χ4v) is 5.80. The summed E-state index contributed by atoms with van der Waals surface area (Å²) in [6.45, 7) is 9.79. The number of nitrogens with one attached hydrogen (secondary N) is 2. The molecule has 4 heterocycles. The number of rotatable bonds is 4. The topological polar surface area (TPSA) is 95.5 Å². The average Bonchev–Trinajstić information content (AvgIpc) is 3.16. The van der Waals surface area contributed by atoms with Gasteiger partial charge >= 0.3 is 0 Å². The van der Waals surface area contributed by atoms with Gasteiger partial charge in [-0.2, -0.15) is 0 Å².